The largest absolute Gasteiger partial charge is 0.381 e. The van der Waals surface area contributed by atoms with E-state index < -0.39 is 5.95 Å². The summed E-state index contributed by atoms with van der Waals surface area (Å²) in [5.41, 5.74) is 2.94. The van der Waals surface area contributed by atoms with Crippen molar-refractivity contribution in [3.05, 3.63) is 88.7 Å². The monoisotopic (exact) mass is 418 g/mol. The van der Waals surface area contributed by atoms with Crippen molar-refractivity contribution in [3.8, 4) is 11.3 Å². The Morgan fingerprint density at radius 1 is 1.10 bits per heavy atom. The van der Waals surface area contributed by atoms with Gasteiger partial charge in [-0.25, -0.2) is 9.97 Å². The van der Waals surface area contributed by atoms with E-state index in [2.05, 4.69) is 17.1 Å². The molecule has 5 rings (SSSR count). The zero-order chi connectivity index (χ0) is 21.4. The van der Waals surface area contributed by atoms with Crippen molar-refractivity contribution in [2.75, 3.05) is 13.2 Å². The first kappa shape index (κ1) is 19.6. The predicted molar refractivity (Wildman–Crippen MR) is 115 cm³/mol. The van der Waals surface area contributed by atoms with Crippen molar-refractivity contribution < 1.29 is 9.13 Å². The maximum Gasteiger partial charge on any atom is 0.276 e. The Bertz CT molecular complexity index is 1290. The van der Waals surface area contributed by atoms with Crippen molar-refractivity contribution in [3.63, 3.8) is 0 Å². The molecule has 0 N–H and O–H groups in total. The van der Waals surface area contributed by atoms with Gasteiger partial charge in [0.2, 0.25) is 5.95 Å². The Labute approximate surface area is 179 Å². The molecule has 158 valence electrons. The Morgan fingerprint density at radius 3 is 2.61 bits per heavy atom. The van der Waals surface area contributed by atoms with Crippen LogP contribution in [0.3, 0.4) is 0 Å². The second kappa shape index (κ2) is 7.74. The number of rotatable bonds is 4. The van der Waals surface area contributed by atoms with Crippen molar-refractivity contribution >= 4 is 5.52 Å². The number of benzene rings is 1. The molecule has 0 amide bonds. The van der Waals surface area contributed by atoms with Crippen LogP contribution in [-0.4, -0.2) is 32.1 Å². The highest BCUT2D eigenvalue weighted by Crippen LogP contribution is 2.37. The Hall–Kier alpha value is -3.32. The summed E-state index contributed by atoms with van der Waals surface area (Å²) in [5, 5.41) is 0. The minimum Gasteiger partial charge on any atom is -0.381 e. The number of hydrogen-bond acceptors (Lipinski definition) is 4. The lowest BCUT2D eigenvalue weighted by atomic mass is 9.74. The van der Waals surface area contributed by atoms with Crippen molar-refractivity contribution in [2.45, 2.75) is 24.7 Å². The highest BCUT2D eigenvalue weighted by Gasteiger charge is 2.38. The molecule has 7 heteroatoms. The van der Waals surface area contributed by atoms with E-state index in [-0.39, 0.29) is 11.0 Å². The minimum absolute atomic E-state index is 0.0598. The van der Waals surface area contributed by atoms with Crippen LogP contribution in [0, 0.1) is 5.95 Å². The molecule has 1 aliphatic rings. The topological polar surface area (TPSA) is 61.4 Å². The number of halogens is 1. The van der Waals surface area contributed by atoms with E-state index in [0.29, 0.717) is 24.4 Å². The molecule has 0 saturated carbocycles. The number of aryl methyl sites for hydroxylation is 1. The number of hydrogen-bond donors (Lipinski definition) is 0. The number of imidazole rings is 1. The summed E-state index contributed by atoms with van der Waals surface area (Å²) < 4.78 is 22.6. The molecule has 1 aliphatic heterocycles. The van der Waals surface area contributed by atoms with Crippen LogP contribution in [0.25, 0.3) is 16.8 Å². The van der Waals surface area contributed by atoms with Crippen LogP contribution >= 0.6 is 0 Å². The van der Waals surface area contributed by atoms with Gasteiger partial charge in [0.1, 0.15) is 11.3 Å². The van der Waals surface area contributed by atoms with Crippen LogP contribution in [0.15, 0.2) is 65.8 Å². The van der Waals surface area contributed by atoms with Crippen LogP contribution < -0.4 is 5.56 Å². The molecule has 1 aromatic carbocycles. The smallest absolute Gasteiger partial charge is 0.276 e. The minimum atomic E-state index is -0.486. The lowest BCUT2D eigenvalue weighted by Gasteiger charge is -2.36. The summed E-state index contributed by atoms with van der Waals surface area (Å²) in [5.74, 6) is 0.416. The van der Waals surface area contributed by atoms with Crippen LogP contribution in [0.5, 0.6) is 0 Å². The van der Waals surface area contributed by atoms with Gasteiger partial charge in [0.15, 0.2) is 0 Å². The molecule has 1 fully saturated rings. The Balaban J connectivity index is 1.52. The lowest BCUT2D eigenvalue weighted by molar-refractivity contribution is 0.0467. The fraction of sp³-hybridized carbons (Fsp3) is 0.292. The molecular weight excluding hydrogens is 395 g/mol. The van der Waals surface area contributed by atoms with E-state index in [0.717, 1.165) is 36.2 Å². The van der Waals surface area contributed by atoms with Crippen molar-refractivity contribution in [2.24, 2.45) is 7.05 Å². The van der Waals surface area contributed by atoms with Gasteiger partial charge in [-0.05, 0) is 37.0 Å². The molecule has 31 heavy (non-hydrogen) atoms. The van der Waals surface area contributed by atoms with Crippen molar-refractivity contribution in [1.29, 1.82) is 0 Å². The highest BCUT2D eigenvalue weighted by molar-refractivity contribution is 5.59. The molecule has 6 nitrogen and oxygen atoms in total. The second-order valence-electron chi connectivity index (χ2n) is 8.16. The summed E-state index contributed by atoms with van der Waals surface area (Å²) in [6.07, 6.45) is 7.79. The van der Waals surface area contributed by atoms with Gasteiger partial charge in [-0.2, -0.15) is 4.39 Å². The summed E-state index contributed by atoms with van der Waals surface area (Å²) in [7, 11) is 1.74. The quantitative estimate of drug-likeness (QED) is 0.476. The molecule has 4 aromatic rings. The number of aromatic nitrogens is 4. The van der Waals surface area contributed by atoms with Crippen LogP contribution in [0.2, 0.25) is 0 Å². The van der Waals surface area contributed by atoms with E-state index >= 15 is 0 Å². The maximum absolute atomic E-state index is 13.5. The van der Waals surface area contributed by atoms with E-state index in [1.54, 1.807) is 36.1 Å². The SMILES string of the molecule is Cn1ccn2c(C3(Cc4ccc(-c5cccc(F)n5)cc4)CCOCC3)ncc2c1=O. The first-order valence-electron chi connectivity index (χ1n) is 10.4. The highest BCUT2D eigenvalue weighted by atomic mass is 19.1. The first-order valence-corrected chi connectivity index (χ1v) is 10.4. The standard InChI is InChI=1S/C24H23FN4O2/c1-28-11-12-29-20(22(28)30)16-26-23(29)24(9-13-31-14-10-24)15-17-5-7-18(8-6-17)19-3-2-4-21(25)27-19/h2-8,11-12,16H,9-10,13-15H2,1H3. The van der Waals surface area contributed by atoms with Gasteiger partial charge >= 0.3 is 0 Å². The van der Waals surface area contributed by atoms with Gasteiger partial charge in [0.05, 0.1) is 11.9 Å². The first-order chi connectivity index (χ1) is 15.1. The third-order valence-electron chi connectivity index (χ3n) is 6.21. The Morgan fingerprint density at radius 2 is 1.87 bits per heavy atom. The summed E-state index contributed by atoms with van der Waals surface area (Å²) >= 11 is 0. The fourth-order valence-electron chi connectivity index (χ4n) is 4.47. The average molecular weight is 418 g/mol. The molecular formula is C24H23FN4O2. The van der Waals surface area contributed by atoms with E-state index in [1.165, 1.54) is 6.07 Å². The fourth-order valence-corrected chi connectivity index (χ4v) is 4.47. The second-order valence-corrected chi connectivity index (χ2v) is 8.16. The van der Waals surface area contributed by atoms with Crippen LogP contribution in [0.4, 0.5) is 4.39 Å². The molecule has 3 aromatic heterocycles. The van der Waals surface area contributed by atoms with Crippen LogP contribution in [-0.2, 0) is 23.6 Å². The molecule has 1 saturated heterocycles. The number of fused-ring (bicyclic) bond motifs is 1. The lowest BCUT2D eigenvalue weighted by Crippen LogP contribution is -2.38. The van der Waals surface area contributed by atoms with E-state index in [1.807, 2.05) is 22.7 Å². The molecule has 4 heterocycles. The molecule has 0 bridgehead atoms. The van der Waals surface area contributed by atoms with Gasteiger partial charge in [0, 0.05) is 43.6 Å². The number of nitrogens with zero attached hydrogens (tertiary/aromatic N) is 4. The molecule has 0 aliphatic carbocycles. The Kier molecular flexibility index (Phi) is 4.90. The molecule has 0 atom stereocenters. The maximum atomic E-state index is 13.5. The summed E-state index contributed by atoms with van der Waals surface area (Å²) in [4.78, 5) is 21.2. The number of ether oxygens (including phenoxy) is 1. The molecule has 0 unspecified atom stereocenters. The zero-order valence-corrected chi connectivity index (χ0v) is 17.3. The summed E-state index contributed by atoms with van der Waals surface area (Å²) in [6, 6.07) is 12.9. The average Bonchev–Trinajstić information content (AvgIpc) is 3.23. The third-order valence-corrected chi connectivity index (χ3v) is 6.21. The molecule has 0 radical (unpaired) electrons. The number of pyridine rings is 1. The van der Waals surface area contributed by atoms with Crippen LogP contribution in [0.1, 0.15) is 24.2 Å². The van der Waals surface area contributed by atoms with Gasteiger partial charge in [-0.1, -0.05) is 30.3 Å². The van der Waals surface area contributed by atoms with E-state index in [9.17, 15) is 9.18 Å². The van der Waals surface area contributed by atoms with E-state index in [4.69, 9.17) is 9.72 Å². The van der Waals surface area contributed by atoms with Crippen molar-refractivity contribution in [1.82, 2.24) is 18.9 Å². The van der Waals surface area contributed by atoms with Gasteiger partial charge in [-0.15, -0.1) is 0 Å². The van der Waals surface area contributed by atoms with Gasteiger partial charge in [-0.3, -0.25) is 9.20 Å². The molecule has 0 spiro atoms. The van der Waals surface area contributed by atoms with Gasteiger partial charge in [0.25, 0.3) is 5.56 Å². The van der Waals surface area contributed by atoms with Gasteiger partial charge < -0.3 is 9.30 Å². The zero-order valence-electron chi connectivity index (χ0n) is 17.3. The third kappa shape index (κ3) is 3.55. The summed E-state index contributed by atoms with van der Waals surface area (Å²) in [6.45, 7) is 1.32. The normalized spacial score (nSPS) is 15.9. The predicted octanol–water partition coefficient (Wildman–Crippen LogP) is 3.53.